The van der Waals surface area contributed by atoms with Crippen LogP contribution in [-0.4, -0.2) is 0 Å². The van der Waals surface area contributed by atoms with E-state index in [1.165, 1.54) is 45.0 Å². The first-order chi connectivity index (χ1) is 18.8. The van der Waals surface area contributed by atoms with Gasteiger partial charge in [0.1, 0.15) is 0 Å². The van der Waals surface area contributed by atoms with E-state index in [2.05, 4.69) is 91.9 Å². The van der Waals surface area contributed by atoms with E-state index in [1.807, 2.05) is 47.0 Å². The molecule has 6 rings (SSSR count). The lowest BCUT2D eigenvalue weighted by atomic mass is 10.4. The first-order valence-corrected chi connectivity index (χ1v) is 21.2. The highest BCUT2D eigenvalue weighted by Gasteiger charge is 2.22. The van der Waals surface area contributed by atoms with E-state index in [1.54, 1.807) is 94.1 Å². The van der Waals surface area contributed by atoms with Crippen LogP contribution in [0.25, 0.3) is 0 Å². The maximum Gasteiger partial charge on any atom is 0.0499 e. The molecule has 192 valence electrons. The molecule has 0 aliphatic carbocycles. The molecule has 0 radical (unpaired) electrons. The van der Waals surface area contributed by atoms with Crippen LogP contribution in [-0.2, 0) is 0 Å². The Hall–Kier alpha value is 0.820. The van der Waals surface area contributed by atoms with Gasteiger partial charge in [-0.3, -0.25) is 0 Å². The van der Waals surface area contributed by atoms with Crippen molar-refractivity contribution in [1.29, 1.82) is 0 Å². The van der Waals surface area contributed by atoms with Crippen molar-refractivity contribution in [3.63, 3.8) is 0 Å². The summed E-state index contributed by atoms with van der Waals surface area (Å²) in [4.78, 5) is 5.34. The fourth-order valence-electron chi connectivity index (χ4n) is 3.05. The summed E-state index contributed by atoms with van der Waals surface area (Å²) < 4.78 is 7.98. The van der Waals surface area contributed by atoms with Gasteiger partial charge in [0, 0.05) is 45.0 Å². The molecular formula is C26H16S12. The normalized spacial score (nSPS) is 22.5. The highest BCUT2D eigenvalue weighted by Crippen LogP contribution is 2.55. The summed E-state index contributed by atoms with van der Waals surface area (Å²) in [6, 6.07) is 0. The molecular weight excluding hydrogens is 697 g/mol. The number of rotatable bonds is 6. The van der Waals surface area contributed by atoms with Crippen LogP contribution in [0.3, 0.4) is 0 Å². The second kappa shape index (κ2) is 14.8. The summed E-state index contributed by atoms with van der Waals surface area (Å²) in [5, 5.41) is 17.3. The third-order valence-electron chi connectivity index (χ3n) is 4.60. The maximum absolute atomic E-state index is 2.33. The fourth-order valence-corrected chi connectivity index (χ4v) is 14.9. The third kappa shape index (κ3) is 8.22. The van der Waals surface area contributed by atoms with E-state index in [9.17, 15) is 0 Å². The van der Waals surface area contributed by atoms with Crippen LogP contribution in [0, 0.1) is 0 Å². The highest BCUT2D eigenvalue weighted by molar-refractivity contribution is 8.31. The summed E-state index contributed by atoms with van der Waals surface area (Å²) in [7, 11) is 0. The molecule has 0 saturated carbocycles. The van der Waals surface area contributed by atoms with Crippen LogP contribution in [0.2, 0.25) is 0 Å². The zero-order valence-corrected chi connectivity index (χ0v) is 28.9. The summed E-state index contributed by atoms with van der Waals surface area (Å²) >= 11 is 21.9. The van der Waals surface area contributed by atoms with Crippen LogP contribution in [0.1, 0.15) is 0 Å². The number of hydrogen-bond acceptors (Lipinski definition) is 12. The lowest BCUT2D eigenvalue weighted by Gasteiger charge is -1.99. The topological polar surface area (TPSA) is 0 Å². The standard InChI is InChI=1S/C26H16S12/c1(3-21-35-17(13-23-27-5-6-28-23)18(36-21)14-24-29-7-8-30-24)2-4-22-37-19(15-25-31-9-10-32-25)20(38-22)16-26-33-11-12-34-26/h1-16H/b2-1+. The van der Waals surface area contributed by atoms with Crippen LogP contribution in [0.4, 0.5) is 0 Å². The molecule has 0 aromatic carbocycles. The van der Waals surface area contributed by atoms with Crippen LogP contribution in [0.5, 0.6) is 0 Å². The number of hydrogen-bond donors (Lipinski definition) is 0. The van der Waals surface area contributed by atoms with Gasteiger partial charge in [0.25, 0.3) is 0 Å². The van der Waals surface area contributed by atoms with E-state index in [4.69, 9.17) is 0 Å². The predicted octanol–water partition coefficient (Wildman–Crippen LogP) is 13.8. The Bertz CT molecular complexity index is 1170. The first kappa shape index (κ1) is 28.9. The van der Waals surface area contributed by atoms with E-state index in [0.717, 1.165) is 0 Å². The Balaban J connectivity index is 1.13. The average molecular weight is 713 g/mol. The smallest absolute Gasteiger partial charge is 0.0499 e. The SMILES string of the molecule is C1=CSC(=CC2=C(C=C3SC=CS3)SC(=C/C=C/C=C3SC(C=C4SC=CS4)=C(C=C4SC=CS4)S3)S2)S1. The zero-order chi connectivity index (χ0) is 25.6. The van der Waals surface area contributed by atoms with E-state index in [-0.39, 0.29) is 0 Å². The molecule has 0 bridgehead atoms. The van der Waals surface area contributed by atoms with E-state index in [0.29, 0.717) is 0 Å². The van der Waals surface area contributed by atoms with Crippen molar-refractivity contribution < 1.29 is 0 Å². The molecule has 0 fully saturated rings. The fraction of sp³-hybridized carbons (Fsp3) is 0. The molecule has 0 nitrogen and oxygen atoms in total. The molecule has 12 heteroatoms. The van der Waals surface area contributed by atoms with Gasteiger partial charge in [0.15, 0.2) is 0 Å². The van der Waals surface area contributed by atoms with Gasteiger partial charge in [0.05, 0.1) is 0 Å². The molecule has 0 amide bonds. The van der Waals surface area contributed by atoms with E-state index >= 15 is 0 Å². The number of thioether (sulfide) groups is 12. The van der Waals surface area contributed by atoms with Crippen molar-refractivity contribution in [2.75, 3.05) is 0 Å². The minimum atomic E-state index is 1.31. The monoisotopic (exact) mass is 712 g/mol. The quantitative estimate of drug-likeness (QED) is 0.257. The Labute approximate surface area is 274 Å². The van der Waals surface area contributed by atoms with Gasteiger partial charge in [-0.05, 0) is 79.7 Å². The molecule has 0 aromatic rings. The lowest BCUT2D eigenvalue weighted by molar-refractivity contribution is 1.85. The first-order valence-electron chi connectivity index (χ1n) is 10.9. The van der Waals surface area contributed by atoms with Crippen LogP contribution in [0.15, 0.2) is 137 Å². The Morgan fingerprint density at radius 3 is 0.789 bits per heavy atom. The van der Waals surface area contributed by atoms with Gasteiger partial charge in [-0.2, -0.15) is 0 Å². The molecule has 38 heavy (non-hydrogen) atoms. The van der Waals surface area contributed by atoms with Gasteiger partial charge < -0.3 is 0 Å². The minimum Gasteiger partial charge on any atom is -0.0901 e. The minimum absolute atomic E-state index is 1.31. The van der Waals surface area contributed by atoms with E-state index < -0.39 is 0 Å². The van der Waals surface area contributed by atoms with Crippen molar-refractivity contribution in [3.05, 3.63) is 137 Å². The van der Waals surface area contributed by atoms with Gasteiger partial charge in [-0.25, -0.2) is 0 Å². The Morgan fingerprint density at radius 1 is 0.316 bits per heavy atom. The Morgan fingerprint density at radius 2 is 0.553 bits per heavy atom. The second-order valence-corrected chi connectivity index (χ2v) is 20.6. The number of allylic oxidation sites excluding steroid dienone is 8. The van der Waals surface area contributed by atoms with Gasteiger partial charge in [0.2, 0.25) is 0 Å². The van der Waals surface area contributed by atoms with Crippen molar-refractivity contribution in [2.45, 2.75) is 0 Å². The molecule has 0 aromatic heterocycles. The maximum atomic E-state index is 2.33. The predicted molar refractivity (Wildman–Crippen MR) is 199 cm³/mol. The van der Waals surface area contributed by atoms with Crippen molar-refractivity contribution >= 4 is 141 Å². The third-order valence-corrected chi connectivity index (χ3v) is 17.4. The van der Waals surface area contributed by atoms with Crippen LogP contribution >= 0.6 is 141 Å². The molecule has 0 unspecified atom stereocenters. The molecule has 0 N–H and O–H groups in total. The molecule has 0 saturated heterocycles. The Kier molecular flexibility index (Phi) is 11.3. The molecule has 6 aliphatic heterocycles. The van der Waals surface area contributed by atoms with Gasteiger partial charge in [-0.15, -0.1) is 0 Å². The zero-order valence-electron chi connectivity index (χ0n) is 19.1. The van der Waals surface area contributed by atoms with Gasteiger partial charge in [-0.1, -0.05) is 153 Å². The lowest BCUT2D eigenvalue weighted by Crippen LogP contribution is -1.73. The molecule has 6 heterocycles. The van der Waals surface area contributed by atoms with Crippen LogP contribution < -0.4 is 0 Å². The largest absolute Gasteiger partial charge is 0.0901 e. The van der Waals surface area contributed by atoms with Crippen molar-refractivity contribution in [3.8, 4) is 0 Å². The van der Waals surface area contributed by atoms with Crippen molar-refractivity contribution in [1.82, 2.24) is 0 Å². The molecule has 0 spiro atoms. The summed E-state index contributed by atoms with van der Waals surface area (Å²) in [5.74, 6) is 0. The summed E-state index contributed by atoms with van der Waals surface area (Å²) in [6.07, 6.45) is 18.2. The highest BCUT2D eigenvalue weighted by atomic mass is 32.2. The second-order valence-electron chi connectivity index (χ2n) is 7.11. The molecule has 6 aliphatic rings. The summed E-state index contributed by atoms with van der Waals surface area (Å²) in [6.45, 7) is 0. The van der Waals surface area contributed by atoms with Crippen molar-refractivity contribution in [2.24, 2.45) is 0 Å². The average Bonchev–Trinajstić information content (AvgIpc) is 3.74. The molecule has 0 atom stereocenters. The summed E-state index contributed by atoms with van der Waals surface area (Å²) in [5.41, 5.74) is 0. The van der Waals surface area contributed by atoms with Gasteiger partial charge >= 0.3 is 0 Å².